The third-order valence-corrected chi connectivity index (χ3v) is 5.15. The van der Waals surface area contributed by atoms with Crippen molar-refractivity contribution >= 4 is 29.0 Å². The number of nitrogen functional groups attached to an aromatic ring is 1. The zero-order chi connectivity index (χ0) is 22.2. The number of anilines is 1. The summed E-state index contributed by atoms with van der Waals surface area (Å²) in [5.41, 5.74) is 4.21. The monoisotopic (exact) mass is 452 g/mol. The largest absolute Gasteiger partial charge is 0.434 e. The molecule has 2 aromatic heterocycles. The van der Waals surface area contributed by atoms with Crippen LogP contribution in [0.2, 0.25) is 10.0 Å². The highest BCUT2D eigenvalue weighted by Crippen LogP contribution is 2.37. The molecule has 1 atom stereocenters. The fraction of sp³-hybridized carbons (Fsp3) is 0.278. The van der Waals surface area contributed by atoms with Gasteiger partial charge in [-0.15, -0.1) is 10.2 Å². The summed E-state index contributed by atoms with van der Waals surface area (Å²) in [6, 6.07) is 4.25. The summed E-state index contributed by atoms with van der Waals surface area (Å²) in [7, 11) is 0. The maximum absolute atomic E-state index is 12.1. The Bertz CT molecular complexity index is 1260. The molecule has 0 fully saturated rings. The van der Waals surface area contributed by atoms with E-state index in [1.807, 2.05) is 25.8 Å². The summed E-state index contributed by atoms with van der Waals surface area (Å²) in [5.74, 6) is -0.0432. The van der Waals surface area contributed by atoms with Crippen LogP contribution in [0.15, 0.2) is 32.6 Å². The third kappa shape index (κ3) is 4.24. The average molecular weight is 453 g/mol. The van der Waals surface area contributed by atoms with Crippen LogP contribution in [0.5, 0.6) is 11.6 Å². The number of aromatic amines is 2. The molecule has 10 nitrogen and oxygen atoms in total. The summed E-state index contributed by atoms with van der Waals surface area (Å²) in [6.45, 7) is 5.92. The van der Waals surface area contributed by atoms with E-state index in [0.717, 1.165) is 4.68 Å². The van der Waals surface area contributed by atoms with E-state index in [1.54, 1.807) is 0 Å². The molecule has 3 aromatic rings. The summed E-state index contributed by atoms with van der Waals surface area (Å²) in [4.78, 5) is 37.5. The highest BCUT2D eigenvalue weighted by Gasteiger charge is 2.18. The SMILES string of the molecule is CC(C)C(C)c1cc(Oc2c(Cl)cc(-n3nc(N)c(=O)[nH]c3=O)cc2Cl)n[nH]c1=O. The van der Waals surface area contributed by atoms with Crippen LogP contribution in [-0.4, -0.2) is 25.0 Å². The zero-order valence-corrected chi connectivity index (χ0v) is 17.7. The summed E-state index contributed by atoms with van der Waals surface area (Å²) in [6.07, 6.45) is 0. The van der Waals surface area contributed by atoms with Crippen LogP contribution in [-0.2, 0) is 0 Å². The average Bonchev–Trinajstić information content (AvgIpc) is 2.68. The fourth-order valence-corrected chi connectivity index (χ4v) is 3.16. The van der Waals surface area contributed by atoms with Crippen molar-refractivity contribution in [3.05, 3.63) is 65.0 Å². The third-order valence-electron chi connectivity index (χ3n) is 4.59. The number of nitrogens with zero attached hydrogens (tertiary/aromatic N) is 3. The molecule has 4 N–H and O–H groups in total. The molecule has 0 saturated carbocycles. The molecule has 0 bridgehead atoms. The minimum Gasteiger partial charge on any atom is -0.434 e. The second-order valence-corrected chi connectivity index (χ2v) is 7.73. The van der Waals surface area contributed by atoms with Gasteiger partial charge in [-0.05, 0) is 24.0 Å². The quantitative estimate of drug-likeness (QED) is 0.537. The van der Waals surface area contributed by atoms with Gasteiger partial charge in [-0.1, -0.05) is 44.0 Å². The van der Waals surface area contributed by atoms with Gasteiger partial charge in [0.1, 0.15) is 0 Å². The Morgan fingerprint density at radius 2 is 1.70 bits per heavy atom. The van der Waals surface area contributed by atoms with E-state index >= 15 is 0 Å². The first-order valence-corrected chi connectivity index (χ1v) is 9.60. The highest BCUT2D eigenvalue weighted by molar-refractivity contribution is 6.37. The predicted molar refractivity (Wildman–Crippen MR) is 113 cm³/mol. The number of benzene rings is 1. The Balaban J connectivity index is 2.01. The van der Waals surface area contributed by atoms with E-state index in [0.29, 0.717) is 5.56 Å². The van der Waals surface area contributed by atoms with Crippen LogP contribution >= 0.6 is 23.2 Å². The molecule has 3 rings (SSSR count). The molecule has 0 aliphatic carbocycles. The van der Waals surface area contributed by atoms with Gasteiger partial charge in [0, 0.05) is 11.6 Å². The van der Waals surface area contributed by atoms with Crippen molar-refractivity contribution in [2.45, 2.75) is 26.7 Å². The fourth-order valence-electron chi connectivity index (χ4n) is 2.61. The standard InChI is InChI=1S/C18H18Cl2N6O4/c1-7(2)8(3)10-6-13(23-24-16(10)27)30-14-11(19)4-9(5-12(14)20)26-18(29)22-17(28)15(21)25-26/h4-8H,1-3H3,(H2,21,25)(H,24,27)(H,22,28,29). The first-order valence-electron chi connectivity index (χ1n) is 8.84. The maximum atomic E-state index is 12.1. The van der Waals surface area contributed by atoms with Gasteiger partial charge in [-0.25, -0.2) is 9.89 Å². The number of H-pyrrole nitrogens is 2. The number of hydrogen-bond donors (Lipinski definition) is 3. The number of rotatable bonds is 5. The van der Waals surface area contributed by atoms with Crippen LogP contribution in [0.3, 0.4) is 0 Å². The van der Waals surface area contributed by atoms with E-state index in [9.17, 15) is 14.4 Å². The number of aromatic nitrogens is 5. The summed E-state index contributed by atoms with van der Waals surface area (Å²) in [5, 5.41) is 10.1. The van der Waals surface area contributed by atoms with Gasteiger partial charge in [0.2, 0.25) is 11.7 Å². The first kappa shape index (κ1) is 21.6. The summed E-state index contributed by atoms with van der Waals surface area (Å²) < 4.78 is 6.54. The van der Waals surface area contributed by atoms with Gasteiger partial charge >= 0.3 is 5.69 Å². The second kappa shape index (κ2) is 8.33. The van der Waals surface area contributed by atoms with Gasteiger partial charge in [-0.3, -0.25) is 14.6 Å². The molecule has 0 amide bonds. The Kier molecular flexibility index (Phi) is 5.99. The van der Waals surface area contributed by atoms with Crippen LogP contribution in [0.25, 0.3) is 5.69 Å². The molecular formula is C18H18Cl2N6O4. The van der Waals surface area contributed by atoms with Crippen LogP contribution in [0, 0.1) is 5.92 Å². The zero-order valence-electron chi connectivity index (χ0n) is 16.2. The van der Waals surface area contributed by atoms with E-state index in [2.05, 4.69) is 15.3 Å². The summed E-state index contributed by atoms with van der Waals surface area (Å²) >= 11 is 12.6. The molecule has 12 heteroatoms. The first-order chi connectivity index (χ1) is 14.1. The molecule has 0 aliphatic heterocycles. The molecule has 1 aromatic carbocycles. The van der Waals surface area contributed by atoms with Gasteiger partial charge in [0.15, 0.2) is 5.75 Å². The van der Waals surface area contributed by atoms with Gasteiger partial charge < -0.3 is 10.5 Å². The highest BCUT2D eigenvalue weighted by atomic mass is 35.5. The van der Waals surface area contributed by atoms with Crippen molar-refractivity contribution in [3.8, 4) is 17.3 Å². The molecule has 2 heterocycles. The molecular weight excluding hydrogens is 435 g/mol. The van der Waals surface area contributed by atoms with E-state index in [-0.39, 0.29) is 44.8 Å². The van der Waals surface area contributed by atoms with E-state index in [1.165, 1.54) is 18.2 Å². The van der Waals surface area contributed by atoms with Crippen molar-refractivity contribution in [2.75, 3.05) is 5.73 Å². The minimum atomic E-state index is -0.815. The van der Waals surface area contributed by atoms with Crippen molar-refractivity contribution in [3.63, 3.8) is 0 Å². The molecule has 0 saturated heterocycles. The van der Waals surface area contributed by atoms with Gasteiger partial charge in [0.25, 0.3) is 11.1 Å². The Hall–Kier alpha value is -3.11. The number of hydrogen-bond acceptors (Lipinski definition) is 7. The van der Waals surface area contributed by atoms with Gasteiger partial charge in [0.05, 0.1) is 15.7 Å². The van der Waals surface area contributed by atoms with Gasteiger partial charge in [-0.2, -0.15) is 4.68 Å². The molecule has 0 radical (unpaired) electrons. The van der Waals surface area contributed by atoms with Crippen molar-refractivity contribution in [2.24, 2.45) is 5.92 Å². The van der Waals surface area contributed by atoms with Crippen LogP contribution in [0.4, 0.5) is 5.82 Å². The molecule has 30 heavy (non-hydrogen) atoms. The Morgan fingerprint density at radius 3 is 2.30 bits per heavy atom. The number of nitrogens with two attached hydrogens (primary N) is 1. The van der Waals surface area contributed by atoms with Crippen LogP contribution < -0.4 is 27.3 Å². The lowest BCUT2D eigenvalue weighted by Gasteiger charge is -2.16. The van der Waals surface area contributed by atoms with E-state index < -0.39 is 17.1 Å². The topological polar surface area (TPSA) is 149 Å². The number of halogens is 2. The second-order valence-electron chi connectivity index (χ2n) is 6.92. The lowest BCUT2D eigenvalue weighted by Crippen LogP contribution is -2.33. The number of ether oxygens (including phenoxy) is 1. The van der Waals surface area contributed by atoms with Crippen LogP contribution in [0.1, 0.15) is 32.3 Å². The number of nitrogens with one attached hydrogen (secondary N) is 2. The lowest BCUT2D eigenvalue weighted by molar-refractivity contribution is 0.448. The maximum Gasteiger partial charge on any atom is 0.349 e. The normalized spacial score (nSPS) is 12.2. The van der Waals surface area contributed by atoms with Crippen molar-refractivity contribution < 1.29 is 4.74 Å². The lowest BCUT2D eigenvalue weighted by atomic mass is 9.91. The van der Waals surface area contributed by atoms with Crippen molar-refractivity contribution in [1.29, 1.82) is 0 Å². The predicted octanol–water partition coefficient (Wildman–Crippen LogP) is 2.44. The smallest absolute Gasteiger partial charge is 0.349 e. The molecule has 0 aliphatic rings. The molecule has 1 unspecified atom stereocenters. The minimum absolute atomic E-state index is 0.0314. The molecule has 0 spiro atoms. The van der Waals surface area contributed by atoms with E-state index in [4.69, 9.17) is 33.7 Å². The van der Waals surface area contributed by atoms with Crippen molar-refractivity contribution in [1.82, 2.24) is 25.0 Å². The Labute approximate surface area is 179 Å². The molecule has 158 valence electrons. The Morgan fingerprint density at radius 1 is 1.07 bits per heavy atom.